The number of imidazole rings is 1. The minimum absolute atomic E-state index is 0.133. The van der Waals surface area contributed by atoms with Crippen LogP contribution >= 0.6 is 0 Å². The molecule has 184 valence electrons. The van der Waals surface area contributed by atoms with Gasteiger partial charge in [-0.3, -0.25) is 4.40 Å². The molecular formula is C24H22F4N4O3. The maximum absolute atomic E-state index is 14.8. The van der Waals surface area contributed by atoms with Crippen LogP contribution in [0.25, 0.3) is 16.7 Å². The van der Waals surface area contributed by atoms with E-state index < -0.39 is 23.6 Å². The van der Waals surface area contributed by atoms with Crippen molar-refractivity contribution in [1.82, 2.24) is 14.4 Å². The third kappa shape index (κ3) is 4.31. The van der Waals surface area contributed by atoms with Crippen LogP contribution in [0.5, 0.6) is 11.5 Å². The van der Waals surface area contributed by atoms with Gasteiger partial charge in [0.1, 0.15) is 17.7 Å². The number of nitrogens with zero attached hydrogens (tertiary/aromatic N) is 3. The van der Waals surface area contributed by atoms with Crippen LogP contribution < -0.4 is 14.8 Å². The van der Waals surface area contributed by atoms with Gasteiger partial charge in [0.15, 0.2) is 11.5 Å². The summed E-state index contributed by atoms with van der Waals surface area (Å²) in [7, 11) is 1.53. The van der Waals surface area contributed by atoms with Gasteiger partial charge >= 0.3 is 6.18 Å². The van der Waals surface area contributed by atoms with Crippen molar-refractivity contribution in [3.05, 3.63) is 59.7 Å². The number of ether oxygens (including phenoxy) is 3. The molecule has 1 aliphatic rings. The quantitative estimate of drug-likeness (QED) is 0.366. The van der Waals surface area contributed by atoms with Gasteiger partial charge in [-0.05, 0) is 19.1 Å². The van der Waals surface area contributed by atoms with Gasteiger partial charge in [0.2, 0.25) is 5.78 Å². The van der Waals surface area contributed by atoms with E-state index in [9.17, 15) is 17.6 Å². The first-order valence-corrected chi connectivity index (χ1v) is 11.0. The minimum Gasteiger partial charge on any atom is -0.493 e. The standard InChI is InChI=1S/C24H22F4N4O3/c1-13(15-4-3-5-17(21(15)25)24(26,27)28)30-22-16-10-20(35-14-6-9-34-12-14)19(33-2)11-18(16)32-8-7-29-23(32)31-22/h3-5,7-8,10-11,13-14H,6,9,12H2,1-2H3,(H,29,30,31)/t13-,14+/m1/s1. The number of methoxy groups -OCH3 is 1. The molecule has 2 aromatic heterocycles. The summed E-state index contributed by atoms with van der Waals surface area (Å²) in [6.45, 7) is 2.63. The van der Waals surface area contributed by atoms with Crippen molar-refractivity contribution in [3.63, 3.8) is 0 Å². The third-order valence-corrected chi connectivity index (χ3v) is 5.96. The maximum Gasteiger partial charge on any atom is 0.419 e. The summed E-state index contributed by atoms with van der Waals surface area (Å²) in [6.07, 6.45) is -0.896. The Morgan fingerprint density at radius 1 is 1.23 bits per heavy atom. The Hall–Kier alpha value is -3.60. The largest absolute Gasteiger partial charge is 0.493 e. The topological polar surface area (TPSA) is 69.9 Å². The molecule has 1 saturated heterocycles. The van der Waals surface area contributed by atoms with Crippen molar-refractivity contribution in [2.24, 2.45) is 0 Å². The average Bonchev–Trinajstić information content (AvgIpc) is 3.50. The molecule has 3 heterocycles. The van der Waals surface area contributed by atoms with Crippen LogP contribution in [0.1, 0.15) is 30.5 Å². The minimum atomic E-state index is -4.80. The van der Waals surface area contributed by atoms with Crippen LogP contribution in [0, 0.1) is 5.82 Å². The zero-order valence-corrected chi connectivity index (χ0v) is 18.9. The van der Waals surface area contributed by atoms with Gasteiger partial charge in [-0.25, -0.2) is 9.37 Å². The molecule has 1 fully saturated rings. The summed E-state index contributed by atoms with van der Waals surface area (Å²) in [5.74, 6) is 0.319. The van der Waals surface area contributed by atoms with Crippen molar-refractivity contribution in [2.45, 2.75) is 31.7 Å². The molecule has 0 aliphatic carbocycles. The van der Waals surface area contributed by atoms with Crippen LogP contribution in [0.4, 0.5) is 23.4 Å². The Morgan fingerprint density at radius 2 is 2.06 bits per heavy atom. The number of rotatable bonds is 6. The number of nitrogens with one attached hydrogen (secondary N) is 1. The van der Waals surface area contributed by atoms with Crippen LogP contribution in [-0.4, -0.2) is 40.8 Å². The Morgan fingerprint density at radius 3 is 2.77 bits per heavy atom. The SMILES string of the molecule is COc1cc2c(cc1O[C@H]1CCOC1)c(N[C@H](C)c1cccc(C(F)(F)F)c1F)nc1nccn12. The van der Waals surface area contributed by atoms with Crippen LogP contribution in [-0.2, 0) is 10.9 Å². The lowest BCUT2D eigenvalue weighted by molar-refractivity contribution is -0.140. The van der Waals surface area contributed by atoms with Gasteiger partial charge in [-0.1, -0.05) is 12.1 Å². The molecule has 11 heteroatoms. The van der Waals surface area contributed by atoms with Crippen molar-refractivity contribution in [3.8, 4) is 11.5 Å². The molecule has 1 N–H and O–H groups in total. The molecule has 0 radical (unpaired) electrons. The molecule has 5 rings (SSSR count). The second-order valence-electron chi connectivity index (χ2n) is 8.25. The number of hydrogen-bond acceptors (Lipinski definition) is 6. The molecule has 1 aliphatic heterocycles. The van der Waals surface area contributed by atoms with Gasteiger partial charge in [-0.15, -0.1) is 0 Å². The van der Waals surface area contributed by atoms with Crippen molar-refractivity contribution >= 4 is 22.5 Å². The fourth-order valence-electron chi connectivity index (χ4n) is 4.20. The number of aromatic nitrogens is 3. The van der Waals surface area contributed by atoms with Gasteiger partial charge < -0.3 is 19.5 Å². The van der Waals surface area contributed by atoms with E-state index in [0.29, 0.717) is 47.2 Å². The summed E-state index contributed by atoms with van der Waals surface area (Å²) in [5, 5.41) is 3.67. The fraction of sp³-hybridized carbons (Fsp3) is 0.333. The maximum atomic E-state index is 14.8. The zero-order valence-electron chi connectivity index (χ0n) is 18.9. The molecule has 0 unspecified atom stereocenters. The number of fused-ring (bicyclic) bond motifs is 3. The van der Waals surface area contributed by atoms with Gasteiger partial charge in [0.25, 0.3) is 0 Å². The summed E-state index contributed by atoms with van der Waals surface area (Å²) in [6, 6.07) is 5.91. The van der Waals surface area contributed by atoms with Gasteiger partial charge in [0, 0.05) is 35.8 Å². The highest BCUT2D eigenvalue weighted by Crippen LogP contribution is 2.38. The van der Waals surface area contributed by atoms with Crippen LogP contribution in [0.3, 0.4) is 0 Å². The van der Waals surface area contributed by atoms with Crippen molar-refractivity contribution in [1.29, 1.82) is 0 Å². The van der Waals surface area contributed by atoms with E-state index in [1.165, 1.54) is 19.2 Å². The predicted molar refractivity (Wildman–Crippen MR) is 120 cm³/mol. The average molecular weight is 490 g/mol. The molecule has 0 amide bonds. The molecule has 4 aromatic rings. The van der Waals surface area contributed by atoms with E-state index in [-0.39, 0.29) is 11.7 Å². The molecule has 0 bridgehead atoms. The lowest BCUT2D eigenvalue weighted by atomic mass is 10.0. The van der Waals surface area contributed by atoms with E-state index >= 15 is 0 Å². The van der Waals surface area contributed by atoms with Crippen molar-refractivity contribution < 1.29 is 31.8 Å². The first kappa shape index (κ1) is 23.2. The summed E-state index contributed by atoms with van der Waals surface area (Å²) in [4.78, 5) is 8.77. The highest BCUT2D eigenvalue weighted by Gasteiger charge is 2.35. The van der Waals surface area contributed by atoms with Crippen LogP contribution in [0.2, 0.25) is 0 Å². The Kier molecular flexibility index (Phi) is 5.87. The number of anilines is 1. The number of benzene rings is 2. The van der Waals surface area contributed by atoms with Crippen molar-refractivity contribution in [2.75, 3.05) is 25.6 Å². The number of hydrogen-bond donors (Lipinski definition) is 1. The molecule has 0 saturated carbocycles. The second-order valence-corrected chi connectivity index (χ2v) is 8.25. The second kappa shape index (κ2) is 8.88. The summed E-state index contributed by atoms with van der Waals surface area (Å²) < 4.78 is 73.3. The van der Waals surface area contributed by atoms with E-state index in [0.717, 1.165) is 12.5 Å². The molecule has 2 aromatic carbocycles. The molecule has 0 spiro atoms. The highest BCUT2D eigenvalue weighted by molar-refractivity contribution is 5.93. The fourth-order valence-corrected chi connectivity index (χ4v) is 4.20. The van der Waals surface area contributed by atoms with Gasteiger partial charge in [-0.2, -0.15) is 18.2 Å². The van der Waals surface area contributed by atoms with E-state index in [1.54, 1.807) is 35.9 Å². The van der Waals surface area contributed by atoms with E-state index in [4.69, 9.17) is 14.2 Å². The molecule has 35 heavy (non-hydrogen) atoms. The molecular weight excluding hydrogens is 468 g/mol. The number of halogens is 4. The monoisotopic (exact) mass is 490 g/mol. The zero-order chi connectivity index (χ0) is 24.7. The smallest absolute Gasteiger partial charge is 0.419 e. The van der Waals surface area contributed by atoms with Crippen LogP contribution in [0.15, 0.2) is 42.7 Å². The predicted octanol–water partition coefficient (Wildman–Crippen LogP) is 5.39. The number of alkyl halides is 3. The first-order valence-electron chi connectivity index (χ1n) is 11.0. The summed E-state index contributed by atoms with van der Waals surface area (Å²) >= 11 is 0. The van der Waals surface area contributed by atoms with E-state index in [2.05, 4.69) is 15.3 Å². The lowest BCUT2D eigenvalue weighted by Crippen LogP contribution is -2.17. The summed E-state index contributed by atoms with van der Waals surface area (Å²) in [5.41, 5.74) is -0.769. The molecule has 7 nitrogen and oxygen atoms in total. The lowest BCUT2D eigenvalue weighted by Gasteiger charge is -2.21. The normalized spacial score (nSPS) is 17.1. The third-order valence-electron chi connectivity index (χ3n) is 5.96. The van der Waals surface area contributed by atoms with Gasteiger partial charge in [0.05, 0.1) is 37.4 Å². The Labute approximate surface area is 197 Å². The van der Waals surface area contributed by atoms with E-state index in [1.807, 2.05) is 0 Å². The molecule has 2 atom stereocenters. The highest BCUT2D eigenvalue weighted by atomic mass is 19.4. The Balaban J connectivity index is 1.60. The Bertz CT molecular complexity index is 1380. The first-order chi connectivity index (χ1) is 16.8.